The molecule has 0 unspecified atom stereocenters. The van der Waals surface area contributed by atoms with Gasteiger partial charge in [0.15, 0.2) is 0 Å². The summed E-state index contributed by atoms with van der Waals surface area (Å²) in [5.41, 5.74) is 2.84. The van der Waals surface area contributed by atoms with Crippen molar-refractivity contribution < 1.29 is 23.9 Å². The number of nitrogens with zero attached hydrogens (tertiary/aromatic N) is 2. The number of aryl methyl sites for hydroxylation is 1. The summed E-state index contributed by atoms with van der Waals surface area (Å²) in [5, 5.41) is 0. The van der Waals surface area contributed by atoms with E-state index in [4.69, 9.17) is 9.47 Å². The van der Waals surface area contributed by atoms with Crippen molar-refractivity contribution >= 4 is 23.4 Å². The zero-order chi connectivity index (χ0) is 23.5. The van der Waals surface area contributed by atoms with E-state index < -0.39 is 0 Å². The van der Waals surface area contributed by atoms with E-state index in [1.54, 1.807) is 47.4 Å². The summed E-state index contributed by atoms with van der Waals surface area (Å²) in [4.78, 5) is 41.9. The summed E-state index contributed by atoms with van der Waals surface area (Å²) < 4.78 is 10.6. The van der Waals surface area contributed by atoms with Gasteiger partial charge in [-0.1, -0.05) is 29.8 Å². The maximum absolute atomic E-state index is 13.6. The quantitative estimate of drug-likeness (QED) is 0.516. The number of carbonyl (C=O) groups excluding carboxylic acids is 3. The molecule has 0 bridgehead atoms. The van der Waals surface area contributed by atoms with Gasteiger partial charge in [0.05, 0.1) is 25.3 Å². The van der Waals surface area contributed by atoms with Crippen LogP contribution in [0.1, 0.15) is 36.6 Å². The lowest BCUT2D eigenvalue weighted by molar-refractivity contribution is 0.0654. The van der Waals surface area contributed by atoms with Crippen LogP contribution in [-0.2, 0) is 0 Å². The molecule has 1 aliphatic heterocycles. The van der Waals surface area contributed by atoms with E-state index in [0.29, 0.717) is 33.9 Å². The molecule has 0 atom stereocenters. The van der Waals surface area contributed by atoms with Gasteiger partial charge < -0.3 is 14.4 Å². The molecule has 0 aromatic heterocycles. The van der Waals surface area contributed by atoms with Gasteiger partial charge in [-0.05, 0) is 43.3 Å². The molecule has 7 heteroatoms. The number of ether oxygens (including phenoxy) is 2. The minimum atomic E-state index is -0.352. The second kappa shape index (κ2) is 9.16. The van der Waals surface area contributed by atoms with Crippen LogP contribution in [0.15, 0.2) is 66.7 Å². The van der Waals surface area contributed by atoms with Crippen LogP contribution in [0.25, 0.3) is 0 Å². The minimum Gasteiger partial charge on any atom is -0.497 e. The summed E-state index contributed by atoms with van der Waals surface area (Å²) in [6.07, 6.45) is 0. The van der Waals surface area contributed by atoms with E-state index >= 15 is 0 Å². The third kappa shape index (κ3) is 4.30. The molecule has 168 valence electrons. The molecule has 1 aliphatic rings. The Hall–Kier alpha value is -4.13. The maximum atomic E-state index is 13.6. The zero-order valence-corrected chi connectivity index (χ0v) is 18.7. The molecule has 3 aromatic rings. The second-order valence-corrected chi connectivity index (χ2v) is 7.70. The van der Waals surface area contributed by atoms with E-state index in [2.05, 4.69) is 0 Å². The number of hydrogen-bond acceptors (Lipinski definition) is 5. The number of amides is 3. The standard InChI is InChI=1S/C26H24N2O5/c1-17-8-10-19(11-9-17)27(24(29)18-14-20(32-2)16-21(15-18)33-3)12-13-28-25(30)22-6-4-5-7-23(22)26(28)31/h4-11,14-16H,12-13H2,1-3H3. The van der Waals surface area contributed by atoms with E-state index in [-0.39, 0.29) is 30.8 Å². The van der Waals surface area contributed by atoms with Gasteiger partial charge in [-0.25, -0.2) is 0 Å². The normalized spacial score (nSPS) is 12.5. The van der Waals surface area contributed by atoms with E-state index in [9.17, 15) is 14.4 Å². The molecule has 0 aliphatic carbocycles. The predicted octanol–water partition coefficient (Wildman–Crippen LogP) is 3.96. The van der Waals surface area contributed by atoms with Crippen LogP contribution in [0.5, 0.6) is 11.5 Å². The van der Waals surface area contributed by atoms with Gasteiger partial charge in [-0.3, -0.25) is 19.3 Å². The van der Waals surface area contributed by atoms with Crippen molar-refractivity contribution in [2.24, 2.45) is 0 Å². The average Bonchev–Trinajstić information content (AvgIpc) is 3.09. The van der Waals surface area contributed by atoms with Gasteiger partial charge in [0.25, 0.3) is 17.7 Å². The lowest BCUT2D eigenvalue weighted by Gasteiger charge is -2.26. The molecular weight excluding hydrogens is 420 g/mol. The van der Waals surface area contributed by atoms with Crippen molar-refractivity contribution in [2.75, 3.05) is 32.2 Å². The van der Waals surface area contributed by atoms with Crippen molar-refractivity contribution in [3.8, 4) is 11.5 Å². The molecular formula is C26H24N2O5. The number of benzene rings is 3. The van der Waals surface area contributed by atoms with Crippen LogP contribution < -0.4 is 14.4 Å². The Morgan fingerprint density at radius 3 is 1.91 bits per heavy atom. The highest BCUT2D eigenvalue weighted by Crippen LogP contribution is 2.27. The SMILES string of the molecule is COc1cc(OC)cc(C(=O)N(CCN2C(=O)c3ccccc3C2=O)c2ccc(C)cc2)c1. The number of hydrogen-bond donors (Lipinski definition) is 0. The molecule has 4 rings (SSSR count). The lowest BCUT2D eigenvalue weighted by atomic mass is 10.1. The smallest absolute Gasteiger partial charge is 0.261 e. The second-order valence-electron chi connectivity index (χ2n) is 7.70. The molecule has 1 heterocycles. The fourth-order valence-electron chi connectivity index (χ4n) is 3.80. The molecule has 3 aromatic carbocycles. The molecule has 0 spiro atoms. The minimum absolute atomic E-state index is 0.0626. The summed E-state index contributed by atoms with van der Waals surface area (Å²) in [5.74, 6) is -0.0265. The summed E-state index contributed by atoms with van der Waals surface area (Å²) in [7, 11) is 3.03. The number of carbonyl (C=O) groups is 3. The van der Waals surface area contributed by atoms with Crippen LogP contribution in [0, 0.1) is 6.92 Å². The number of anilines is 1. The Morgan fingerprint density at radius 2 is 1.39 bits per heavy atom. The molecule has 0 saturated carbocycles. The highest BCUT2D eigenvalue weighted by molar-refractivity contribution is 6.21. The highest BCUT2D eigenvalue weighted by Gasteiger charge is 2.35. The fourth-order valence-corrected chi connectivity index (χ4v) is 3.80. The molecule has 0 saturated heterocycles. The summed E-state index contributed by atoms with van der Waals surface area (Å²) in [6, 6.07) is 19.2. The number of fused-ring (bicyclic) bond motifs is 1. The van der Waals surface area contributed by atoms with Gasteiger partial charge in [-0.2, -0.15) is 0 Å². The van der Waals surface area contributed by atoms with Crippen LogP contribution >= 0.6 is 0 Å². The number of rotatable bonds is 7. The monoisotopic (exact) mass is 444 g/mol. The van der Waals surface area contributed by atoms with Gasteiger partial charge >= 0.3 is 0 Å². The summed E-state index contributed by atoms with van der Waals surface area (Å²) in [6.45, 7) is 2.15. The molecule has 7 nitrogen and oxygen atoms in total. The van der Waals surface area contributed by atoms with Crippen molar-refractivity contribution in [1.82, 2.24) is 4.90 Å². The Balaban J connectivity index is 1.64. The third-order valence-corrected chi connectivity index (χ3v) is 5.61. The molecule has 3 amide bonds. The average molecular weight is 444 g/mol. The van der Waals surface area contributed by atoms with Gasteiger partial charge in [-0.15, -0.1) is 0 Å². The van der Waals surface area contributed by atoms with Crippen LogP contribution in [0.2, 0.25) is 0 Å². The first-order valence-corrected chi connectivity index (χ1v) is 10.5. The lowest BCUT2D eigenvalue weighted by Crippen LogP contribution is -2.41. The summed E-state index contributed by atoms with van der Waals surface area (Å²) >= 11 is 0. The third-order valence-electron chi connectivity index (χ3n) is 5.61. The maximum Gasteiger partial charge on any atom is 0.261 e. The Morgan fingerprint density at radius 1 is 0.848 bits per heavy atom. The van der Waals surface area contributed by atoms with Crippen molar-refractivity contribution in [2.45, 2.75) is 6.92 Å². The first-order chi connectivity index (χ1) is 15.9. The topological polar surface area (TPSA) is 76.2 Å². The van der Waals surface area contributed by atoms with Crippen molar-refractivity contribution in [3.63, 3.8) is 0 Å². The van der Waals surface area contributed by atoms with Crippen molar-refractivity contribution in [1.29, 1.82) is 0 Å². The Bertz CT molecular complexity index is 1160. The molecule has 0 N–H and O–H groups in total. The fraction of sp³-hybridized carbons (Fsp3) is 0.192. The molecule has 0 radical (unpaired) electrons. The van der Waals surface area contributed by atoms with Crippen LogP contribution in [0.3, 0.4) is 0 Å². The number of methoxy groups -OCH3 is 2. The van der Waals surface area contributed by atoms with Gasteiger partial charge in [0.1, 0.15) is 11.5 Å². The zero-order valence-electron chi connectivity index (χ0n) is 18.7. The predicted molar refractivity (Wildman–Crippen MR) is 124 cm³/mol. The van der Waals surface area contributed by atoms with Crippen LogP contribution in [0.4, 0.5) is 5.69 Å². The Labute approximate surface area is 192 Å². The van der Waals surface area contributed by atoms with Gasteiger partial charge in [0.2, 0.25) is 0 Å². The molecule has 0 fully saturated rings. The first-order valence-electron chi connectivity index (χ1n) is 10.5. The Kier molecular flexibility index (Phi) is 6.13. The number of imide groups is 1. The van der Waals surface area contributed by atoms with Crippen LogP contribution in [-0.4, -0.2) is 49.9 Å². The molecule has 33 heavy (non-hydrogen) atoms. The van der Waals surface area contributed by atoms with E-state index in [1.165, 1.54) is 19.1 Å². The largest absolute Gasteiger partial charge is 0.497 e. The first kappa shape index (κ1) is 22.1. The van der Waals surface area contributed by atoms with E-state index in [0.717, 1.165) is 5.56 Å². The van der Waals surface area contributed by atoms with Gasteiger partial charge in [0, 0.05) is 30.4 Å². The highest BCUT2D eigenvalue weighted by atomic mass is 16.5. The van der Waals surface area contributed by atoms with E-state index in [1.807, 2.05) is 31.2 Å². The van der Waals surface area contributed by atoms with Crippen molar-refractivity contribution in [3.05, 3.63) is 89.0 Å².